The number of ether oxygens (including phenoxy) is 1. The Morgan fingerprint density at radius 1 is 1.47 bits per heavy atom. The van der Waals surface area contributed by atoms with Crippen LogP contribution in [0.15, 0.2) is 22.7 Å². The lowest BCUT2D eigenvalue weighted by molar-refractivity contribution is 0.0697. The van der Waals surface area contributed by atoms with E-state index in [0.717, 1.165) is 42.3 Å². The van der Waals surface area contributed by atoms with E-state index in [0.29, 0.717) is 0 Å². The van der Waals surface area contributed by atoms with Crippen molar-refractivity contribution in [2.45, 2.75) is 19.3 Å². The number of halogens is 1. The molecular formula is C14H18BrNO3. The van der Waals surface area contributed by atoms with E-state index in [9.17, 15) is 4.79 Å². The molecule has 0 radical (unpaired) electrons. The van der Waals surface area contributed by atoms with Crippen molar-refractivity contribution < 1.29 is 14.6 Å². The fourth-order valence-corrected chi connectivity index (χ4v) is 2.24. The third-order valence-electron chi connectivity index (χ3n) is 3.05. The lowest BCUT2D eigenvalue weighted by Crippen LogP contribution is -2.07. The second kappa shape index (κ2) is 6.91. The summed E-state index contributed by atoms with van der Waals surface area (Å²) >= 11 is 3.37. The summed E-state index contributed by atoms with van der Waals surface area (Å²) in [4.78, 5) is 10.8. The van der Waals surface area contributed by atoms with Gasteiger partial charge in [-0.15, -0.1) is 0 Å². The minimum Gasteiger partial charge on any atom is -0.478 e. The molecule has 0 atom stereocenters. The number of aromatic carboxylic acids is 1. The van der Waals surface area contributed by atoms with Gasteiger partial charge < -0.3 is 15.2 Å². The molecule has 1 fully saturated rings. The van der Waals surface area contributed by atoms with Gasteiger partial charge in [0.25, 0.3) is 0 Å². The number of anilines is 1. The fourth-order valence-electron chi connectivity index (χ4n) is 1.72. The van der Waals surface area contributed by atoms with Crippen molar-refractivity contribution in [2.75, 3.05) is 25.1 Å². The molecule has 19 heavy (non-hydrogen) atoms. The molecule has 0 aliphatic heterocycles. The van der Waals surface area contributed by atoms with Crippen molar-refractivity contribution in [1.29, 1.82) is 0 Å². The van der Waals surface area contributed by atoms with Gasteiger partial charge in [-0.3, -0.25) is 0 Å². The normalized spacial score (nSPS) is 14.4. The molecule has 104 valence electrons. The summed E-state index contributed by atoms with van der Waals surface area (Å²) in [5.74, 6) is -0.105. The monoisotopic (exact) mass is 327 g/mol. The zero-order valence-electron chi connectivity index (χ0n) is 10.7. The van der Waals surface area contributed by atoms with Crippen LogP contribution in [-0.2, 0) is 4.74 Å². The van der Waals surface area contributed by atoms with Gasteiger partial charge in [-0.1, -0.05) is 0 Å². The maximum absolute atomic E-state index is 10.8. The summed E-state index contributed by atoms with van der Waals surface area (Å²) in [6, 6.07) is 4.98. The largest absolute Gasteiger partial charge is 0.478 e. The molecule has 1 saturated carbocycles. The average molecular weight is 328 g/mol. The molecule has 1 aromatic rings. The standard InChI is InChI=1S/C14H18BrNO3/c15-12-8-11(14(17)18)4-5-13(12)16-6-1-7-19-9-10-2-3-10/h4-5,8,10,16H,1-3,6-7,9H2,(H,17,18). The SMILES string of the molecule is O=C(O)c1ccc(NCCCOCC2CC2)c(Br)c1. The van der Waals surface area contributed by atoms with Crippen molar-refractivity contribution >= 4 is 27.6 Å². The number of rotatable bonds is 8. The van der Waals surface area contributed by atoms with Crippen LogP contribution < -0.4 is 5.32 Å². The van der Waals surface area contributed by atoms with Gasteiger partial charge in [0.05, 0.1) is 5.56 Å². The Kier molecular flexibility index (Phi) is 5.22. The predicted molar refractivity (Wildman–Crippen MR) is 77.8 cm³/mol. The molecule has 0 unspecified atom stereocenters. The first-order valence-corrected chi connectivity index (χ1v) is 7.30. The Morgan fingerprint density at radius 2 is 2.26 bits per heavy atom. The smallest absolute Gasteiger partial charge is 0.335 e. The van der Waals surface area contributed by atoms with Crippen LogP contribution in [0.5, 0.6) is 0 Å². The first kappa shape index (κ1) is 14.3. The van der Waals surface area contributed by atoms with Crippen LogP contribution >= 0.6 is 15.9 Å². The fraction of sp³-hybridized carbons (Fsp3) is 0.500. The van der Waals surface area contributed by atoms with Gasteiger partial charge in [0.2, 0.25) is 0 Å². The average Bonchev–Trinajstić information content (AvgIpc) is 3.19. The van der Waals surface area contributed by atoms with E-state index in [-0.39, 0.29) is 5.56 Å². The Bertz CT molecular complexity index is 446. The summed E-state index contributed by atoms with van der Waals surface area (Å²) in [6.45, 7) is 2.49. The van der Waals surface area contributed by atoms with Gasteiger partial charge in [-0.25, -0.2) is 4.79 Å². The van der Waals surface area contributed by atoms with Crippen LogP contribution in [0.25, 0.3) is 0 Å². The van der Waals surface area contributed by atoms with Gasteiger partial charge >= 0.3 is 5.97 Å². The number of carboxylic acids is 1. The van der Waals surface area contributed by atoms with Gasteiger partial charge in [0.1, 0.15) is 0 Å². The molecule has 5 heteroatoms. The number of hydrogen-bond acceptors (Lipinski definition) is 3. The molecule has 0 bridgehead atoms. The van der Waals surface area contributed by atoms with Gasteiger partial charge in [-0.05, 0) is 59.3 Å². The molecule has 0 saturated heterocycles. The molecule has 2 N–H and O–H groups in total. The highest BCUT2D eigenvalue weighted by atomic mass is 79.9. The maximum Gasteiger partial charge on any atom is 0.335 e. The van der Waals surface area contributed by atoms with Crippen LogP contribution in [0.2, 0.25) is 0 Å². The summed E-state index contributed by atoms with van der Waals surface area (Å²) in [5, 5.41) is 12.1. The Labute approximate surface area is 121 Å². The van der Waals surface area contributed by atoms with Crippen molar-refractivity contribution in [1.82, 2.24) is 0 Å². The van der Waals surface area contributed by atoms with E-state index in [1.807, 2.05) is 0 Å². The van der Waals surface area contributed by atoms with E-state index in [2.05, 4.69) is 21.2 Å². The molecule has 0 spiro atoms. The molecule has 0 amide bonds. The van der Waals surface area contributed by atoms with E-state index in [1.54, 1.807) is 18.2 Å². The topological polar surface area (TPSA) is 58.6 Å². The highest BCUT2D eigenvalue weighted by Gasteiger charge is 2.20. The van der Waals surface area contributed by atoms with Crippen LogP contribution in [0.3, 0.4) is 0 Å². The highest BCUT2D eigenvalue weighted by molar-refractivity contribution is 9.10. The van der Waals surface area contributed by atoms with E-state index < -0.39 is 5.97 Å². The van der Waals surface area contributed by atoms with E-state index >= 15 is 0 Å². The number of benzene rings is 1. The minimum atomic E-state index is -0.916. The highest BCUT2D eigenvalue weighted by Crippen LogP contribution is 2.28. The van der Waals surface area contributed by atoms with Gasteiger partial charge in [0.15, 0.2) is 0 Å². The molecule has 1 aliphatic rings. The molecule has 4 nitrogen and oxygen atoms in total. The van der Waals surface area contributed by atoms with Crippen molar-refractivity contribution in [3.63, 3.8) is 0 Å². The van der Waals surface area contributed by atoms with Crippen LogP contribution in [0, 0.1) is 5.92 Å². The molecular weight excluding hydrogens is 310 g/mol. The quantitative estimate of drug-likeness (QED) is 0.718. The van der Waals surface area contributed by atoms with E-state index in [1.165, 1.54) is 12.8 Å². The summed E-state index contributed by atoms with van der Waals surface area (Å²) < 4.78 is 6.32. The molecule has 1 aromatic carbocycles. The minimum absolute atomic E-state index is 0.283. The number of nitrogens with one attached hydrogen (secondary N) is 1. The van der Waals surface area contributed by atoms with Crippen LogP contribution in [0.1, 0.15) is 29.6 Å². The first-order valence-electron chi connectivity index (χ1n) is 6.51. The Morgan fingerprint density at radius 3 is 2.89 bits per heavy atom. The summed E-state index contributed by atoms with van der Waals surface area (Å²) in [5.41, 5.74) is 1.19. The predicted octanol–water partition coefficient (Wildman–Crippen LogP) is 3.38. The van der Waals surface area contributed by atoms with Gasteiger partial charge in [-0.2, -0.15) is 0 Å². The van der Waals surface area contributed by atoms with Crippen LogP contribution in [0.4, 0.5) is 5.69 Å². The lowest BCUT2D eigenvalue weighted by atomic mass is 10.2. The second-order valence-electron chi connectivity index (χ2n) is 4.80. The summed E-state index contributed by atoms with van der Waals surface area (Å²) in [6.07, 6.45) is 3.59. The number of hydrogen-bond donors (Lipinski definition) is 2. The molecule has 0 heterocycles. The third-order valence-corrected chi connectivity index (χ3v) is 3.70. The zero-order chi connectivity index (χ0) is 13.7. The van der Waals surface area contributed by atoms with Crippen molar-refractivity contribution in [2.24, 2.45) is 5.92 Å². The molecule has 0 aromatic heterocycles. The second-order valence-corrected chi connectivity index (χ2v) is 5.65. The van der Waals surface area contributed by atoms with Crippen LogP contribution in [-0.4, -0.2) is 30.8 Å². The third kappa shape index (κ3) is 4.84. The summed E-state index contributed by atoms with van der Waals surface area (Å²) in [7, 11) is 0. The van der Waals surface area contributed by atoms with Gasteiger partial charge in [0, 0.05) is 29.9 Å². The molecule has 2 rings (SSSR count). The number of carboxylic acid groups (broad SMARTS) is 1. The zero-order valence-corrected chi connectivity index (χ0v) is 12.3. The van der Waals surface area contributed by atoms with Crippen molar-refractivity contribution in [3.05, 3.63) is 28.2 Å². The lowest BCUT2D eigenvalue weighted by Gasteiger charge is -2.09. The number of carbonyl (C=O) groups is 1. The maximum atomic E-state index is 10.8. The Hall–Kier alpha value is -1.07. The first-order chi connectivity index (χ1) is 9.16. The van der Waals surface area contributed by atoms with Crippen molar-refractivity contribution in [3.8, 4) is 0 Å². The molecule has 1 aliphatic carbocycles. The van der Waals surface area contributed by atoms with E-state index in [4.69, 9.17) is 9.84 Å². The Balaban J connectivity index is 1.68.